The SMILES string of the molecule is COc1ccc(CC(C)(C)C)cc1Br. The predicted molar refractivity (Wildman–Crippen MR) is 63.9 cm³/mol. The first kappa shape index (κ1) is 11.6. The molecular weight excluding hydrogens is 240 g/mol. The number of rotatable bonds is 2. The van der Waals surface area contributed by atoms with Gasteiger partial charge < -0.3 is 4.74 Å². The van der Waals surface area contributed by atoms with Gasteiger partial charge in [-0.25, -0.2) is 0 Å². The normalized spacial score (nSPS) is 11.5. The molecule has 1 aromatic carbocycles. The molecule has 78 valence electrons. The van der Waals surface area contributed by atoms with E-state index >= 15 is 0 Å². The average Bonchev–Trinajstić information content (AvgIpc) is 2.01. The van der Waals surface area contributed by atoms with Crippen molar-refractivity contribution >= 4 is 15.9 Å². The van der Waals surface area contributed by atoms with Crippen molar-refractivity contribution in [3.05, 3.63) is 28.2 Å². The standard InChI is InChI=1S/C12H17BrO/c1-12(2,3)8-9-5-6-11(14-4)10(13)7-9/h5-7H,8H2,1-4H3. The summed E-state index contributed by atoms with van der Waals surface area (Å²) in [6.45, 7) is 6.72. The summed E-state index contributed by atoms with van der Waals surface area (Å²) in [7, 11) is 1.68. The predicted octanol–water partition coefficient (Wildman–Crippen LogP) is 4.05. The summed E-state index contributed by atoms with van der Waals surface area (Å²) in [5, 5.41) is 0. The highest BCUT2D eigenvalue weighted by Crippen LogP contribution is 2.28. The second-order valence-electron chi connectivity index (χ2n) is 4.71. The number of hydrogen-bond acceptors (Lipinski definition) is 1. The van der Waals surface area contributed by atoms with Gasteiger partial charge in [0, 0.05) is 0 Å². The van der Waals surface area contributed by atoms with E-state index in [1.807, 2.05) is 6.07 Å². The minimum absolute atomic E-state index is 0.327. The maximum atomic E-state index is 5.18. The zero-order valence-electron chi connectivity index (χ0n) is 9.23. The molecule has 0 bridgehead atoms. The van der Waals surface area contributed by atoms with Crippen molar-refractivity contribution in [2.75, 3.05) is 7.11 Å². The Bertz CT molecular complexity index is 313. The Kier molecular flexibility index (Phi) is 3.59. The molecule has 0 aliphatic rings. The van der Waals surface area contributed by atoms with Crippen molar-refractivity contribution in [1.29, 1.82) is 0 Å². The maximum Gasteiger partial charge on any atom is 0.133 e. The van der Waals surface area contributed by atoms with Gasteiger partial charge in [-0.1, -0.05) is 26.8 Å². The molecular formula is C12H17BrO. The highest BCUT2D eigenvalue weighted by molar-refractivity contribution is 9.10. The summed E-state index contributed by atoms with van der Waals surface area (Å²) < 4.78 is 6.21. The van der Waals surface area contributed by atoms with Crippen LogP contribution < -0.4 is 4.74 Å². The summed E-state index contributed by atoms with van der Waals surface area (Å²) in [6, 6.07) is 6.25. The summed E-state index contributed by atoms with van der Waals surface area (Å²) in [4.78, 5) is 0. The monoisotopic (exact) mass is 256 g/mol. The maximum absolute atomic E-state index is 5.18. The third-order valence-corrected chi connectivity index (χ3v) is 2.57. The Morgan fingerprint density at radius 3 is 2.36 bits per heavy atom. The van der Waals surface area contributed by atoms with Gasteiger partial charge in [0.25, 0.3) is 0 Å². The average molecular weight is 257 g/mol. The molecule has 2 heteroatoms. The summed E-state index contributed by atoms with van der Waals surface area (Å²) in [5.74, 6) is 0.891. The Balaban J connectivity index is 2.87. The molecule has 0 aliphatic carbocycles. The Labute approximate surface area is 94.6 Å². The van der Waals surface area contributed by atoms with Crippen LogP contribution in [0.4, 0.5) is 0 Å². The van der Waals surface area contributed by atoms with Crippen LogP contribution in [0, 0.1) is 5.41 Å². The number of methoxy groups -OCH3 is 1. The van der Waals surface area contributed by atoms with E-state index in [0.717, 1.165) is 16.6 Å². The van der Waals surface area contributed by atoms with Gasteiger partial charge in [-0.3, -0.25) is 0 Å². The largest absolute Gasteiger partial charge is 0.496 e. The third kappa shape index (κ3) is 3.33. The van der Waals surface area contributed by atoms with Gasteiger partial charge in [-0.2, -0.15) is 0 Å². The minimum atomic E-state index is 0.327. The summed E-state index contributed by atoms with van der Waals surface area (Å²) >= 11 is 3.49. The molecule has 0 atom stereocenters. The molecule has 0 radical (unpaired) electrons. The molecule has 0 saturated carbocycles. The molecule has 0 saturated heterocycles. The highest BCUT2D eigenvalue weighted by atomic mass is 79.9. The Morgan fingerprint density at radius 1 is 1.29 bits per heavy atom. The van der Waals surface area contributed by atoms with E-state index in [2.05, 4.69) is 48.8 Å². The van der Waals surface area contributed by atoms with Crippen LogP contribution in [-0.4, -0.2) is 7.11 Å². The number of halogens is 1. The van der Waals surface area contributed by atoms with Crippen LogP contribution in [0.15, 0.2) is 22.7 Å². The molecule has 0 amide bonds. The van der Waals surface area contributed by atoms with Crippen molar-refractivity contribution in [2.45, 2.75) is 27.2 Å². The van der Waals surface area contributed by atoms with E-state index in [1.54, 1.807) is 7.11 Å². The molecule has 1 aromatic rings. The summed E-state index contributed by atoms with van der Waals surface area (Å²) in [6.07, 6.45) is 1.08. The summed E-state index contributed by atoms with van der Waals surface area (Å²) in [5.41, 5.74) is 1.67. The van der Waals surface area contributed by atoms with Crippen molar-refractivity contribution in [2.24, 2.45) is 5.41 Å². The fourth-order valence-corrected chi connectivity index (χ4v) is 2.02. The van der Waals surface area contributed by atoms with E-state index in [9.17, 15) is 0 Å². The fourth-order valence-electron chi connectivity index (χ4n) is 1.43. The molecule has 0 aromatic heterocycles. The highest BCUT2D eigenvalue weighted by Gasteiger charge is 2.12. The van der Waals surface area contributed by atoms with Crippen LogP contribution in [0.3, 0.4) is 0 Å². The zero-order valence-corrected chi connectivity index (χ0v) is 10.8. The van der Waals surface area contributed by atoms with Crippen LogP contribution in [-0.2, 0) is 6.42 Å². The molecule has 0 unspecified atom stereocenters. The second kappa shape index (κ2) is 4.35. The topological polar surface area (TPSA) is 9.23 Å². The first-order valence-corrected chi connectivity index (χ1v) is 5.54. The van der Waals surface area contributed by atoms with E-state index in [-0.39, 0.29) is 0 Å². The van der Waals surface area contributed by atoms with Crippen LogP contribution in [0.2, 0.25) is 0 Å². The van der Waals surface area contributed by atoms with Crippen molar-refractivity contribution in [1.82, 2.24) is 0 Å². The lowest BCUT2D eigenvalue weighted by molar-refractivity contribution is 0.405. The number of benzene rings is 1. The van der Waals surface area contributed by atoms with E-state index in [1.165, 1.54) is 5.56 Å². The van der Waals surface area contributed by atoms with E-state index in [4.69, 9.17) is 4.74 Å². The van der Waals surface area contributed by atoms with Crippen LogP contribution >= 0.6 is 15.9 Å². The molecule has 1 nitrogen and oxygen atoms in total. The van der Waals surface area contributed by atoms with E-state index < -0.39 is 0 Å². The molecule has 0 fully saturated rings. The molecule has 0 aliphatic heterocycles. The molecule has 0 N–H and O–H groups in total. The van der Waals surface area contributed by atoms with Gasteiger partial charge in [-0.15, -0.1) is 0 Å². The minimum Gasteiger partial charge on any atom is -0.496 e. The zero-order chi connectivity index (χ0) is 10.8. The smallest absolute Gasteiger partial charge is 0.133 e. The van der Waals surface area contributed by atoms with Crippen LogP contribution in [0.25, 0.3) is 0 Å². The van der Waals surface area contributed by atoms with Crippen molar-refractivity contribution < 1.29 is 4.74 Å². The van der Waals surface area contributed by atoms with Gasteiger partial charge in [0.1, 0.15) is 5.75 Å². The van der Waals surface area contributed by atoms with Gasteiger partial charge in [0.05, 0.1) is 11.6 Å². The van der Waals surface area contributed by atoms with Crippen LogP contribution in [0.5, 0.6) is 5.75 Å². The molecule has 0 spiro atoms. The molecule has 1 rings (SSSR count). The van der Waals surface area contributed by atoms with E-state index in [0.29, 0.717) is 5.41 Å². The quantitative estimate of drug-likeness (QED) is 0.776. The Hall–Kier alpha value is -0.500. The first-order chi connectivity index (χ1) is 6.42. The second-order valence-corrected chi connectivity index (χ2v) is 5.56. The number of hydrogen-bond donors (Lipinski definition) is 0. The van der Waals surface area contributed by atoms with Gasteiger partial charge >= 0.3 is 0 Å². The third-order valence-electron chi connectivity index (χ3n) is 1.95. The van der Waals surface area contributed by atoms with Gasteiger partial charge in [0.15, 0.2) is 0 Å². The fraction of sp³-hybridized carbons (Fsp3) is 0.500. The Morgan fingerprint density at radius 2 is 1.93 bits per heavy atom. The van der Waals surface area contributed by atoms with Crippen molar-refractivity contribution in [3.8, 4) is 5.75 Å². The first-order valence-electron chi connectivity index (χ1n) is 4.75. The van der Waals surface area contributed by atoms with Gasteiger partial charge in [-0.05, 0) is 45.5 Å². The lowest BCUT2D eigenvalue weighted by atomic mass is 9.88. The molecule has 0 heterocycles. The van der Waals surface area contributed by atoms with Gasteiger partial charge in [0.2, 0.25) is 0 Å². The lowest BCUT2D eigenvalue weighted by Gasteiger charge is -2.18. The van der Waals surface area contributed by atoms with Crippen molar-refractivity contribution in [3.63, 3.8) is 0 Å². The number of ether oxygens (including phenoxy) is 1. The molecule has 14 heavy (non-hydrogen) atoms. The lowest BCUT2D eigenvalue weighted by Crippen LogP contribution is -2.09. The van der Waals surface area contributed by atoms with Crippen LogP contribution in [0.1, 0.15) is 26.3 Å².